The van der Waals surface area contributed by atoms with E-state index in [0.29, 0.717) is 0 Å². The summed E-state index contributed by atoms with van der Waals surface area (Å²) in [4.78, 5) is 37.0. The van der Waals surface area contributed by atoms with Crippen LogP contribution in [0.1, 0.15) is 32.4 Å². The predicted molar refractivity (Wildman–Crippen MR) is 91.6 cm³/mol. The molecule has 24 heavy (non-hydrogen) atoms. The van der Waals surface area contributed by atoms with Crippen LogP contribution in [-0.4, -0.2) is 41.8 Å². The van der Waals surface area contributed by atoms with Crippen LogP contribution in [0.15, 0.2) is 30.3 Å². The largest absolute Gasteiger partial charge is 0.368 e. The first-order valence-electron chi connectivity index (χ1n) is 7.90. The number of rotatable bonds is 8. The Bertz CT molecular complexity index is 574. The Hall–Kier alpha value is -2.41. The number of amides is 3. The first-order chi connectivity index (χ1) is 11.2. The van der Waals surface area contributed by atoms with Gasteiger partial charge in [-0.2, -0.15) is 0 Å². The molecule has 1 aromatic rings. The van der Waals surface area contributed by atoms with E-state index in [2.05, 4.69) is 5.32 Å². The van der Waals surface area contributed by atoms with Gasteiger partial charge in [0, 0.05) is 0 Å². The van der Waals surface area contributed by atoms with E-state index >= 15 is 0 Å². The lowest BCUT2D eigenvalue weighted by Gasteiger charge is -2.29. The average Bonchev–Trinajstić information content (AvgIpc) is 2.56. The van der Waals surface area contributed by atoms with Gasteiger partial charge in [-0.15, -0.1) is 0 Å². The molecule has 0 saturated heterocycles. The number of hydrogen-bond donors (Lipinski definition) is 3. The number of carbonyl (C=O) groups excluding carboxylic acids is 3. The van der Waals surface area contributed by atoms with Gasteiger partial charge in [-0.1, -0.05) is 44.2 Å². The third-order valence-corrected chi connectivity index (χ3v) is 3.83. The zero-order chi connectivity index (χ0) is 18.3. The summed E-state index contributed by atoms with van der Waals surface area (Å²) in [7, 11) is 0. The molecule has 132 valence electrons. The quantitative estimate of drug-likeness (QED) is 0.627. The molecule has 2 atom stereocenters. The van der Waals surface area contributed by atoms with E-state index in [-0.39, 0.29) is 25.0 Å². The Balaban J connectivity index is 2.79. The van der Waals surface area contributed by atoms with Crippen molar-refractivity contribution in [2.45, 2.75) is 32.9 Å². The molecule has 1 aromatic carbocycles. The normalized spacial score (nSPS) is 13.2. The van der Waals surface area contributed by atoms with Crippen LogP contribution in [-0.2, 0) is 14.4 Å². The Morgan fingerprint density at radius 3 is 2.21 bits per heavy atom. The number of nitrogens with zero attached hydrogens (tertiary/aromatic N) is 1. The Morgan fingerprint density at radius 2 is 1.71 bits per heavy atom. The minimum absolute atomic E-state index is 0.0370. The number of nitrogens with one attached hydrogen (secondary N) is 1. The van der Waals surface area contributed by atoms with E-state index < -0.39 is 23.8 Å². The van der Waals surface area contributed by atoms with Crippen molar-refractivity contribution in [3.63, 3.8) is 0 Å². The van der Waals surface area contributed by atoms with E-state index in [1.165, 1.54) is 4.90 Å². The van der Waals surface area contributed by atoms with Gasteiger partial charge in [0.2, 0.25) is 17.7 Å². The van der Waals surface area contributed by atoms with Crippen molar-refractivity contribution in [1.29, 1.82) is 0 Å². The molecule has 0 heterocycles. The van der Waals surface area contributed by atoms with Gasteiger partial charge in [0.25, 0.3) is 0 Å². The molecule has 7 heteroatoms. The van der Waals surface area contributed by atoms with Gasteiger partial charge >= 0.3 is 0 Å². The van der Waals surface area contributed by atoms with Crippen molar-refractivity contribution < 1.29 is 14.4 Å². The summed E-state index contributed by atoms with van der Waals surface area (Å²) in [6.45, 7) is 4.99. The molecule has 0 aliphatic rings. The molecule has 1 rings (SSSR count). The Labute approximate surface area is 142 Å². The maximum Gasteiger partial charge on any atom is 0.242 e. The summed E-state index contributed by atoms with van der Waals surface area (Å²) < 4.78 is 0. The van der Waals surface area contributed by atoms with Crippen molar-refractivity contribution in [3.8, 4) is 0 Å². The molecular weight excluding hydrogens is 308 g/mol. The van der Waals surface area contributed by atoms with Gasteiger partial charge in [-0.25, -0.2) is 0 Å². The van der Waals surface area contributed by atoms with Crippen LogP contribution in [0.4, 0.5) is 0 Å². The Morgan fingerprint density at radius 1 is 1.12 bits per heavy atom. The molecule has 3 amide bonds. The molecule has 7 nitrogen and oxygen atoms in total. The second kappa shape index (κ2) is 9.02. The highest BCUT2D eigenvalue weighted by Gasteiger charge is 2.24. The summed E-state index contributed by atoms with van der Waals surface area (Å²) in [6, 6.07) is 8.25. The molecule has 0 unspecified atom stereocenters. The second-order valence-electron chi connectivity index (χ2n) is 6.06. The summed E-state index contributed by atoms with van der Waals surface area (Å²) in [5, 5.41) is 2.52. The monoisotopic (exact) mass is 334 g/mol. The minimum atomic E-state index is -0.686. The average molecular weight is 334 g/mol. The molecule has 0 fully saturated rings. The first-order valence-corrected chi connectivity index (χ1v) is 7.90. The molecule has 0 spiro atoms. The van der Waals surface area contributed by atoms with Gasteiger partial charge in [-0.05, 0) is 18.4 Å². The van der Waals surface area contributed by atoms with Crippen LogP contribution in [0.3, 0.4) is 0 Å². The summed E-state index contributed by atoms with van der Waals surface area (Å²) in [5.74, 6) is -1.44. The van der Waals surface area contributed by atoms with Crippen molar-refractivity contribution in [3.05, 3.63) is 35.9 Å². The lowest BCUT2D eigenvalue weighted by molar-refractivity contribution is -0.138. The molecule has 0 saturated carbocycles. The highest BCUT2D eigenvalue weighted by atomic mass is 16.2. The van der Waals surface area contributed by atoms with E-state index in [0.717, 1.165) is 5.56 Å². The maximum atomic E-state index is 12.5. The highest BCUT2D eigenvalue weighted by Crippen LogP contribution is 2.19. The highest BCUT2D eigenvalue weighted by molar-refractivity contribution is 5.89. The number of nitrogens with two attached hydrogens (primary N) is 2. The fraction of sp³-hybridized carbons (Fsp3) is 0.471. The van der Waals surface area contributed by atoms with Crippen LogP contribution >= 0.6 is 0 Å². The van der Waals surface area contributed by atoms with Crippen molar-refractivity contribution in [2.75, 3.05) is 13.1 Å². The van der Waals surface area contributed by atoms with E-state index in [1.807, 2.05) is 44.2 Å². The molecule has 0 aliphatic heterocycles. The number of carbonyl (C=O) groups is 3. The zero-order valence-corrected chi connectivity index (χ0v) is 14.4. The summed E-state index contributed by atoms with van der Waals surface area (Å²) in [6.07, 6.45) is 0. The lowest BCUT2D eigenvalue weighted by atomic mass is 10.0. The van der Waals surface area contributed by atoms with Gasteiger partial charge < -0.3 is 21.7 Å². The van der Waals surface area contributed by atoms with Crippen molar-refractivity contribution >= 4 is 17.7 Å². The van der Waals surface area contributed by atoms with Crippen molar-refractivity contribution in [1.82, 2.24) is 10.2 Å². The van der Waals surface area contributed by atoms with E-state index in [9.17, 15) is 14.4 Å². The van der Waals surface area contributed by atoms with Gasteiger partial charge in [0.15, 0.2) is 0 Å². The fourth-order valence-electron chi connectivity index (χ4n) is 2.21. The fourth-order valence-corrected chi connectivity index (χ4v) is 2.21. The lowest BCUT2D eigenvalue weighted by Crippen LogP contribution is -2.49. The predicted octanol–water partition coefficient (Wildman–Crippen LogP) is 0.161. The maximum absolute atomic E-state index is 12.5. The summed E-state index contributed by atoms with van der Waals surface area (Å²) >= 11 is 0. The van der Waals surface area contributed by atoms with Gasteiger partial charge in [-0.3, -0.25) is 14.4 Å². The topological polar surface area (TPSA) is 119 Å². The number of primary amides is 1. The van der Waals surface area contributed by atoms with Crippen LogP contribution in [0.2, 0.25) is 0 Å². The van der Waals surface area contributed by atoms with Crippen LogP contribution in [0, 0.1) is 5.92 Å². The van der Waals surface area contributed by atoms with Crippen LogP contribution in [0.25, 0.3) is 0 Å². The first kappa shape index (κ1) is 19.6. The zero-order valence-electron chi connectivity index (χ0n) is 14.4. The number of hydrogen-bond acceptors (Lipinski definition) is 4. The van der Waals surface area contributed by atoms with E-state index in [1.54, 1.807) is 6.92 Å². The van der Waals surface area contributed by atoms with E-state index in [4.69, 9.17) is 11.5 Å². The van der Waals surface area contributed by atoms with Crippen LogP contribution < -0.4 is 16.8 Å². The molecule has 0 radical (unpaired) electrons. The van der Waals surface area contributed by atoms with Gasteiger partial charge in [0.1, 0.15) is 0 Å². The van der Waals surface area contributed by atoms with Crippen LogP contribution in [0.5, 0.6) is 0 Å². The van der Waals surface area contributed by atoms with Gasteiger partial charge in [0.05, 0.1) is 25.2 Å². The summed E-state index contributed by atoms with van der Waals surface area (Å²) in [5.41, 5.74) is 11.9. The standard InChI is InChI=1S/C17H26N4O3/c1-11(2)16(19)17(24)20-9-15(23)21(10-14(18)22)12(3)13-7-5-4-6-8-13/h4-8,11-12,16H,9-10,19H2,1-3H3,(H2,18,22)(H,20,24)/t12-,16+/m1/s1. The Kier molecular flexibility index (Phi) is 7.38. The molecular formula is C17H26N4O3. The molecule has 0 aliphatic carbocycles. The second-order valence-corrected chi connectivity index (χ2v) is 6.06. The van der Waals surface area contributed by atoms with Crippen molar-refractivity contribution in [2.24, 2.45) is 17.4 Å². The minimum Gasteiger partial charge on any atom is -0.368 e. The smallest absolute Gasteiger partial charge is 0.242 e. The SMILES string of the molecule is CC(C)[C@H](N)C(=O)NCC(=O)N(CC(N)=O)[C@H](C)c1ccccc1. The molecule has 0 aromatic heterocycles. The molecule has 0 bridgehead atoms. The molecule has 5 N–H and O–H groups in total. The third-order valence-electron chi connectivity index (χ3n) is 3.83. The number of benzene rings is 1. The third kappa shape index (κ3) is 5.66.